The number of nitrogens with zero attached hydrogens (tertiary/aromatic N) is 1. The van der Waals surface area contributed by atoms with Gasteiger partial charge in [-0.3, -0.25) is 0 Å². The molecule has 0 aliphatic carbocycles. The number of halogens is 4. The van der Waals surface area contributed by atoms with E-state index in [1.807, 2.05) is 18.7 Å². The van der Waals surface area contributed by atoms with Gasteiger partial charge < -0.3 is 10.2 Å². The van der Waals surface area contributed by atoms with Crippen LogP contribution in [0.3, 0.4) is 0 Å². The van der Waals surface area contributed by atoms with E-state index in [-0.39, 0.29) is 17.8 Å². The van der Waals surface area contributed by atoms with E-state index in [0.717, 1.165) is 19.4 Å². The van der Waals surface area contributed by atoms with Crippen LogP contribution >= 0.6 is 15.9 Å². The normalized spacial score (nSPS) is 23.4. The number of benzene rings is 1. The van der Waals surface area contributed by atoms with Gasteiger partial charge in [0.2, 0.25) is 0 Å². The number of rotatable bonds is 3. The minimum atomic E-state index is -4.34. The van der Waals surface area contributed by atoms with E-state index in [1.54, 1.807) is 12.1 Å². The first kappa shape index (κ1) is 16.6. The number of nitrogens with one attached hydrogen (secondary N) is 1. The van der Waals surface area contributed by atoms with Crippen LogP contribution in [0.1, 0.15) is 32.3 Å². The smallest absolute Gasteiger partial charge is 0.365 e. The topological polar surface area (TPSA) is 15.3 Å². The molecule has 1 aliphatic heterocycles. The highest BCUT2D eigenvalue weighted by Gasteiger charge is 2.37. The van der Waals surface area contributed by atoms with Crippen LogP contribution in [0.4, 0.5) is 18.9 Å². The zero-order valence-corrected chi connectivity index (χ0v) is 13.8. The summed E-state index contributed by atoms with van der Waals surface area (Å²) in [4.78, 5) is 1.92. The van der Waals surface area contributed by atoms with Gasteiger partial charge >= 0.3 is 6.18 Å². The molecule has 1 aliphatic rings. The van der Waals surface area contributed by atoms with E-state index >= 15 is 0 Å². The molecule has 0 radical (unpaired) electrons. The van der Waals surface area contributed by atoms with Gasteiger partial charge in [0.05, 0.1) is 5.56 Å². The fourth-order valence-corrected chi connectivity index (χ4v) is 3.14. The van der Waals surface area contributed by atoms with Gasteiger partial charge in [-0.05, 0) is 31.0 Å². The molecule has 118 valence electrons. The number of piperazine rings is 1. The number of hydrogen-bond donors (Lipinski definition) is 1. The van der Waals surface area contributed by atoms with Crippen LogP contribution in [-0.2, 0) is 6.18 Å². The van der Waals surface area contributed by atoms with Gasteiger partial charge in [-0.25, -0.2) is 0 Å². The first-order chi connectivity index (χ1) is 9.86. The third kappa shape index (κ3) is 3.72. The third-order valence-electron chi connectivity index (χ3n) is 4.04. The second-order valence-electron chi connectivity index (χ2n) is 5.39. The molecule has 0 aromatic heterocycles. The van der Waals surface area contributed by atoms with Gasteiger partial charge in [-0.2, -0.15) is 13.2 Å². The molecule has 1 fully saturated rings. The molecular formula is C15H20BrF3N2. The second-order valence-corrected chi connectivity index (χ2v) is 6.30. The summed E-state index contributed by atoms with van der Waals surface area (Å²) in [7, 11) is 0. The highest BCUT2D eigenvalue weighted by molar-refractivity contribution is 9.10. The Labute approximate surface area is 131 Å². The predicted molar refractivity (Wildman–Crippen MR) is 82.7 cm³/mol. The quantitative estimate of drug-likeness (QED) is 0.852. The highest BCUT2D eigenvalue weighted by Crippen LogP contribution is 2.39. The van der Waals surface area contributed by atoms with Gasteiger partial charge in [0.15, 0.2) is 0 Å². The van der Waals surface area contributed by atoms with Gasteiger partial charge in [-0.15, -0.1) is 0 Å². The van der Waals surface area contributed by atoms with Crippen molar-refractivity contribution in [2.75, 3.05) is 18.0 Å². The summed E-state index contributed by atoms with van der Waals surface area (Å²) in [5, 5.41) is 3.41. The standard InChI is InChI=1S/C15H20BrF3N2/c1-3-11-9-21(12(4-2)8-20-11)14-6-5-10(16)7-13(14)15(17,18)19/h5-7,11-12,20H,3-4,8-9H2,1-2H3. The largest absolute Gasteiger partial charge is 0.418 e. The van der Waals surface area contributed by atoms with Crippen molar-refractivity contribution in [2.45, 2.75) is 44.9 Å². The summed E-state index contributed by atoms with van der Waals surface area (Å²) in [6.45, 7) is 5.40. The van der Waals surface area contributed by atoms with Gasteiger partial charge in [0.25, 0.3) is 0 Å². The van der Waals surface area contributed by atoms with E-state index in [2.05, 4.69) is 21.2 Å². The highest BCUT2D eigenvalue weighted by atomic mass is 79.9. The fraction of sp³-hybridized carbons (Fsp3) is 0.600. The molecule has 1 N–H and O–H groups in total. The first-order valence-electron chi connectivity index (χ1n) is 7.23. The maximum atomic E-state index is 13.3. The molecule has 2 unspecified atom stereocenters. The predicted octanol–water partition coefficient (Wildman–Crippen LogP) is 4.43. The summed E-state index contributed by atoms with van der Waals surface area (Å²) in [5.41, 5.74) is -0.274. The summed E-state index contributed by atoms with van der Waals surface area (Å²) in [6.07, 6.45) is -2.62. The molecule has 0 bridgehead atoms. The molecule has 0 amide bonds. The molecule has 21 heavy (non-hydrogen) atoms. The van der Waals surface area contributed by atoms with Crippen molar-refractivity contribution in [1.82, 2.24) is 5.32 Å². The zero-order chi connectivity index (χ0) is 15.6. The molecule has 1 heterocycles. The Hall–Kier alpha value is -0.750. The third-order valence-corrected chi connectivity index (χ3v) is 4.53. The monoisotopic (exact) mass is 364 g/mol. The van der Waals surface area contributed by atoms with Crippen molar-refractivity contribution in [1.29, 1.82) is 0 Å². The molecule has 2 nitrogen and oxygen atoms in total. The molecule has 6 heteroatoms. The lowest BCUT2D eigenvalue weighted by Gasteiger charge is -2.42. The second kappa shape index (κ2) is 6.57. The molecule has 1 aromatic rings. The van der Waals surface area contributed by atoms with Gasteiger partial charge in [0.1, 0.15) is 0 Å². The SMILES string of the molecule is CCC1CN(c2ccc(Br)cc2C(F)(F)F)C(CC)CN1. The van der Waals surface area contributed by atoms with Gasteiger partial charge in [0, 0.05) is 35.3 Å². The molecule has 1 saturated heterocycles. The Morgan fingerprint density at radius 3 is 2.57 bits per heavy atom. The molecular weight excluding hydrogens is 345 g/mol. The van der Waals surface area contributed by atoms with Crippen LogP contribution in [0, 0.1) is 0 Å². The van der Waals surface area contributed by atoms with E-state index in [0.29, 0.717) is 11.0 Å². The molecule has 2 atom stereocenters. The van der Waals surface area contributed by atoms with Crippen LogP contribution < -0.4 is 10.2 Å². The number of anilines is 1. The van der Waals surface area contributed by atoms with Crippen LogP contribution in [0.5, 0.6) is 0 Å². The lowest BCUT2D eigenvalue weighted by atomic mass is 10.0. The average molecular weight is 365 g/mol. The fourth-order valence-electron chi connectivity index (χ4n) is 2.78. The van der Waals surface area contributed by atoms with Crippen LogP contribution in [0.2, 0.25) is 0 Å². The Morgan fingerprint density at radius 2 is 2.00 bits per heavy atom. The molecule has 0 spiro atoms. The average Bonchev–Trinajstić information content (AvgIpc) is 2.45. The van der Waals surface area contributed by atoms with Crippen molar-refractivity contribution in [3.8, 4) is 0 Å². The van der Waals surface area contributed by atoms with Crippen LogP contribution in [0.25, 0.3) is 0 Å². The minimum Gasteiger partial charge on any atom is -0.365 e. The summed E-state index contributed by atoms with van der Waals surface area (Å²) < 4.78 is 40.4. The Balaban J connectivity index is 2.42. The van der Waals surface area contributed by atoms with Crippen molar-refractivity contribution >= 4 is 21.6 Å². The van der Waals surface area contributed by atoms with Crippen molar-refractivity contribution in [3.05, 3.63) is 28.2 Å². The van der Waals surface area contributed by atoms with Crippen LogP contribution in [-0.4, -0.2) is 25.2 Å². The first-order valence-corrected chi connectivity index (χ1v) is 8.02. The van der Waals surface area contributed by atoms with E-state index in [4.69, 9.17) is 0 Å². The maximum absolute atomic E-state index is 13.3. The van der Waals surface area contributed by atoms with Crippen molar-refractivity contribution in [3.63, 3.8) is 0 Å². The van der Waals surface area contributed by atoms with Crippen LogP contribution in [0.15, 0.2) is 22.7 Å². The molecule has 2 rings (SSSR count). The lowest BCUT2D eigenvalue weighted by Crippen LogP contribution is -2.56. The summed E-state index contributed by atoms with van der Waals surface area (Å²) in [5.74, 6) is 0. The summed E-state index contributed by atoms with van der Waals surface area (Å²) >= 11 is 3.14. The Kier molecular flexibility index (Phi) is 5.20. The van der Waals surface area contributed by atoms with Crippen molar-refractivity contribution < 1.29 is 13.2 Å². The Morgan fingerprint density at radius 1 is 1.29 bits per heavy atom. The summed E-state index contributed by atoms with van der Waals surface area (Å²) in [6, 6.07) is 4.76. The molecule has 1 aromatic carbocycles. The van der Waals surface area contributed by atoms with E-state index in [9.17, 15) is 13.2 Å². The van der Waals surface area contributed by atoms with Crippen molar-refractivity contribution in [2.24, 2.45) is 0 Å². The lowest BCUT2D eigenvalue weighted by molar-refractivity contribution is -0.137. The van der Waals surface area contributed by atoms with E-state index < -0.39 is 11.7 Å². The minimum absolute atomic E-state index is 0.0927. The maximum Gasteiger partial charge on any atom is 0.418 e. The Bertz CT molecular complexity index is 490. The van der Waals surface area contributed by atoms with E-state index in [1.165, 1.54) is 6.07 Å². The molecule has 0 saturated carbocycles. The van der Waals surface area contributed by atoms with Gasteiger partial charge in [-0.1, -0.05) is 29.8 Å². The number of hydrogen-bond acceptors (Lipinski definition) is 2. The zero-order valence-electron chi connectivity index (χ0n) is 12.2. The number of alkyl halides is 3.